The van der Waals surface area contributed by atoms with E-state index in [1.54, 1.807) is 0 Å². The molecular formula is C40H44N4O7. The molecule has 4 aliphatic rings. The lowest BCUT2D eigenvalue weighted by molar-refractivity contribution is -0.145. The zero-order valence-corrected chi connectivity index (χ0v) is 28.8. The third-order valence-electron chi connectivity index (χ3n) is 10.8. The lowest BCUT2D eigenvalue weighted by Crippen LogP contribution is -2.56. The first-order valence-electron chi connectivity index (χ1n) is 18.0. The zero-order valence-electron chi connectivity index (χ0n) is 28.8. The van der Waals surface area contributed by atoms with E-state index in [0.29, 0.717) is 30.7 Å². The van der Waals surface area contributed by atoms with Gasteiger partial charge in [0.1, 0.15) is 35.6 Å². The summed E-state index contributed by atoms with van der Waals surface area (Å²) in [5.74, 6) is -2.03. The number of hydrogen-bond acceptors (Lipinski definition) is 7. The van der Waals surface area contributed by atoms with Crippen molar-refractivity contribution in [1.29, 1.82) is 0 Å². The molecule has 3 heterocycles. The number of pyridine rings is 1. The molecule has 0 unspecified atom stereocenters. The SMILES string of the molecule is C=C[C@@H]1C[C@]1(NC(=O)[C@@H]1C[C@@H]2CN1C(=O)[C@H](CCCC)NC(=O)O[C@H]1CCC[C@@H]1/C=C\c1ccc3nc(-c4ccccc4)cc(c3c1)O2)C(=O)O. The Hall–Kier alpha value is -5.19. The smallest absolute Gasteiger partial charge is 0.408 e. The molecule has 2 aromatic carbocycles. The second-order valence-corrected chi connectivity index (χ2v) is 14.2. The number of nitrogens with one attached hydrogen (secondary N) is 2. The monoisotopic (exact) mass is 692 g/mol. The van der Waals surface area contributed by atoms with Crippen molar-refractivity contribution in [2.24, 2.45) is 11.8 Å². The maximum Gasteiger partial charge on any atom is 0.408 e. The molecule has 2 aliphatic heterocycles. The summed E-state index contributed by atoms with van der Waals surface area (Å²) in [6.07, 6.45) is 8.64. The highest BCUT2D eigenvalue weighted by atomic mass is 16.6. The Bertz CT molecular complexity index is 1880. The van der Waals surface area contributed by atoms with Gasteiger partial charge >= 0.3 is 12.1 Å². The molecule has 3 amide bonds. The highest BCUT2D eigenvalue weighted by Gasteiger charge is 2.61. The molecular weight excluding hydrogens is 648 g/mol. The molecule has 2 aliphatic carbocycles. The summed E-state index contributed by atoms with van der Waals surface area (Å²) in [4.78, 5) is 60.5. The van der Waals surface area contributed by atoms with Crippen molar-refractivity contribution in [3.05, 3.63) is 78.9 Å². The fraction of sp³-hybridized carbons (Fsp3) is 0.425. The summed E-state index contributed by atoms with van der Waals surface area (Å²) in [5.41, 5.74) is 1.81. The Morgan fingerprint density at radius 3 is 2.71 bits per heavy atom. The van der Waals surface area contributed by atoms with Crippen LogP contribution in [-0.2, 0) is 19.1 Å². The summed E-state index contributed by atoms with van der Waals surface area (Å²) in [7, 11) is 0. The maximum atomic E-state index is 14.4. The quantitative estimate of drug-likeness (QED) is 0.248. The van der Waals surface area contributed by atoms with Gasteiger partial charge < -0.3 is 30.1 Å². The van der Waals surface area contributed by atoms with Crippen molar-refractivity contribution in [2.45, 2.75) is 88.1 Å². The van der Waals surface area contributed by atoms with E-state index >= 15 is 0 Å². The standard InChI is InChI=1S/C40H44N4O7/c1-3-5-13-31-37(46)44-23-28(20-33(44)36(45)43-40(38(47)48)22-27(40)4-2)50-35-21-32(25-10-7-6-8-11-25)41-30-18-16-24(19-29(30)35)15-17-26-12-9-14-34(26)51-39(49)42-31/h4,6-8,10-11,15-19,21,26-28,31,33-34H,2-3,5,9,12-14,20,22-23H2,1H3,(H,42,49)(H,43,45)(H,47,48)/b17-15-/t26-,27-,28-,31+,33+,34+,40-/m1/s1. The van der Waals surface area contributed by atoms with Gasteiger partial charge in [-0.2, -0.15) is 0 Å². The Labute approximate surface area is 297 Å². The predicted molar refractivity (Wildman–Crippen MR) is 192 cm³/mol. The summed E-state index contributed by atoms with van der Waals surface area (Å²) in [6.45, 7) is 5.78. The van der Waals surface area contributed by atoms with Crippen LogP contribution in [0.3, 0.4) is 0 Å². The van der Waals surface area contributed by atoms with Crippen LogP contribution in [0.25, 0.3) is 28.2 Å². The fourth-order valence-electron chi connectivity index (χ4n) is 7.78. The number of carboxylic acids is 1. The lowest BCUT2D eigenvalue weighted by Gasteiger charge is -2.29. The minimum atomic E-state index is -1.47. The predicted octanol–water partition coefficient (Wildman–Crippen LogP) is 5.88. The minimum absolute atomic E-state index is 0.0115. The second kappa shape index (κ2) is 14.2. The van der Waals surface area contributed by atoms with Crippen LogP contribution in [0.5, 0.6) is 5.75 Å². The molecule has 1 saturated heterocycles. The van der Waals surface area contributed by atoms with Crippen LogP contribution < -0.4 is 15.4 Å². The number of alkyl carbamates (subject to hydrolysis) is 1. The number of aromatic nitrogens is 1. The largest absolute Gasteiger partial charge is 0.488 e. The molecule has 3 fully saturated rings. The average molecular weight is 693 g/mol. The van der Waals surface area contributed by atoms with Crippen LogP contribution in [0.1, 0.15) is 63.9 Å². The van der Waals surface area contributed by atoms with Gasteiger partial charge in [-0.25, -0.2) is 14.6 Å². The highest BCUT2D eigenvalue weighted by molar-refractivity contribution is 5.96. The van der Waals surface area contributed by atoms with Crippen molar-refractivity contribution in [3.63, 3.8) is 0 Å². The first-order valence-corrected chi connectivity index (χ1v) is 18.0. The number of carbonyl (C=O) groups excluding carboxylic acids is 3. The number of unbranched alkanes of at least 4 members (excludes halogenated alkanes) is 1. The van der Waals surface area contributed by atoms with Gasteiger partial charge in [0.2, 0.25) is 11.8 Å². The Balaban J connectivity index is 1.30. The number of nitrogens with zero attached hydrogens (tertiary/aromatic N) is 2. The summed E-state index contributed by atoms with van der Waals surface area (Å²) in [6, 6.07) is 15.7. The van der Waals surface area contributed by atoms with Gasteiger partial charge in [0.05, 0.1) is 17.8 Å². The molecule has 1 aromatic heterocycles. The lowest BCUT2D eigenvalue weighted by atomic mass is 10.0. The molecule has 3 aromatic rings. The summed E-state index contributed by atoms with van der Waals surface area (Å²) in [5, 5.41) is 16.4. The first-order chi connectivity index (χ1) is 24.7. The van der Waals surface area contributed by atoms with Crippen molar-refractivity contribution in [1.82, 2.24) is 20.5 Å². The van der Waals surface area contributed by atoms with E-state index < -0.39 is 53.5 Å². The van der Waals surface area contributed by atoms with E-state index in [-0.39, 0.29) is 31.4 Å². The van der Waals surface area contributed by atoms with E-state index in [0.717, 1.165) is 41.3 Å². The number of rotatable bonds is 8. The van der Waals surface area contributed by atoms with Gasteiger partial charge in [0.15, 0.2) is 0 Å². The van der Waals surface area contributed by atoms with Crippen LogP contribution >= 0.6 is 0 Å². The Morgan fingerprint density at radius 1 is 1.14 bits per heavy atom. The third kappa shape index (κ3) is 6.94. The highest BCUT2D eigenvalue weighted by Crippen LogP contribution is 2.45. The normalized spacial score (nSPS) is 29.3. The number of ether oxygens (including phenoxy) is 2. The fourth-order valence-corrected chi connectivity index (χ4v) is 7.78. The van der Waals surface area contributed by atoms with Crippen LogP contribution in [0.15, 0.2) is 73.3 Å². The summed E-state index contributed by atoms with van der Waals surface area (Å²) >= 11 is 0. The van der Waals surface area contributed by atoms with E-state index in [2.05, 4.69) is 23.3 Å². The van der Waals surface area contributed by atoms with Gasteiger partial charge in [-0.05, 0) is 49.8 Å². The van der Waals surface area contributed by atoms with Crippen molar-refractivity contribution < 1.29 is 33.8 Å². The van der Waals surface area contributed by atoms with Crippen LogP contribution in [0.2, 0.25) is 0 Å². The molecule has 2 saturated carbocycles. The topological polar surface area (TPSA) is 147 Å². The zero-order chi connectivity index (χ0) is 35.7. The average Bonchev–Trinajstić information content (AvgIpc) is 3.42. The number of amides is 3. The minimum Gasteiger partial charge on any atom is -0.488 e. The first kappa shape index (κ1) is 34.3. The van der Waals surface area contributed by atoms with Crippen molar-refractivity contribution in [2.75, 3.05) is 6.54 Å². The number of hydrogen-bond donors (Lipinski definition) is 3. The number of carbonyl (C=O) groups is 4. The second-order valence-electron chi connectivity index (χ2n) is 14.2. The van der Waals surface area contributed by atoms with Crippen molar-refractivity contribution in [3.8, 4) is 17.0 Å². The van der Waals surface area contributed by atoms with Gasteiger partial charge in [-0.1, -0.05) is 74.4 Å². The van der Waals surface area contributed by atoms with Crippen molar-refractivity contribution >= 4 is 40.9 Å². The summed E-state index contributed by atoms with van der Waals surface area (Å²) < 4.78 is 12.7. The molecule has 266 valence electrons. The van der Waals surface area contributed by atoms with Gasteiger partial charge in [0.25, 0.3) is 0 Å². The van der Waals surface area contributed by atoms with Gasteiger partial charge in [0, 0.05) is 35.3 Å². The van der Waals surface area contributed by atoms with Gasteiger partial charge in [-0.3, -0.25) is 9.59 Å². The van der Waals surface area contributed by atoms with E-state index in [9.17, 15) is 24.3 Å². The number of carboxylic acid groups (broad SMARTS) is 1. The van der Waals surface area contributed by atoms with E-state index in [1.165, 1.54) is 11.0 Å². The Morgan fingerprint density at radius 2 is 1.96 bits per heavy atom. The molecule has 4 bridgehead atoms. The van der Waals surface area contributed by atoms with E-state index in [4.69, 9.17) is 14.5 Å². The molecule has 3 N–H and O–H groups in total. The molecule has 11 heteroatoms. The molecule has 0 radical (unpaired) electrons. The molecule has 7 atom stereocenters. The number of benzene rings is 2. The molecule has 0 spiro atoms. The van der Waals surface area contributed by atoms with Crippen LogP contribution in [-0.4, -0.2) is 75.2 Å². The van der Waals surface area contributed by atoms with E-state index in [1.807, 2.05) is 67.6 Å². The van der Waals surface area contributed by atoms with Crippen LogP contribution in [0, 0.1) is 11.8 Å². The van der Waals surface area contributed by atoms with Crippen LogP contribution in [0.4, 0.5) is 4.79 Å². The maximum absolute atomic E-state index is 14.4. The number of fused-ring (bicyclic) bond motifs is 4. The molecule has 11 nitrogen and oxygen atoms in total. The number of aliphatic carboxylic acids is 1. The van der Waals surface area contributed by atoms with Gasteiger partial charge in [-0.15, -0.1) is 6.58 Å². The third-order valence-corrected chi connectivity index (χ3v) is 10.8. The molecule has 51 heavy (non-hydrogen) atoms. The Kier molecular flexibility index (Phi) is 9.54. The molecule has 7 rings (SSSR count).